The Morgan fingerprint density at radius 1 is 1.07 bits per heavy atom. The maximum Gasteiger partial charge on any atom is 0.475 e. The van der Waals surface area contributed by atoms with Crippen molar-refractivity contribution in [1.82, 2.24) is 0 Å². The average molecular weight is 222 g/mol. The fourth-order valence-corrected chi connectivity index (χ4v) is 2.68. The molecule has 1 aliphatic rings. The molecule has 1 rings (SSSR count). The SMILES string of the molecule is CC(C)OP1(=O)OCCCCCCO1. The summed E-state index contributed by atoms with van der Waals surface area (Å²) in [6.45, 7) is 4.56. The van der Waals surface area contributed by atoms with Crippen molar-refractivity contribution in [2.24, 2.45) is 0 Å². The smallest absolute Gasteiger partial charge is 0.287 e. The quantitative estimate of drug-likeness (QED) is 0.673. The average Bonchev–Trinajstić information content (AvgIpc) is 2.16. The molecule has 0 bridgehead atoms. The molecule has 5 heteroatoms. The lowest BCUT2D eigenvalue weighted by Crippen LogP contribution is -2.06. The maximum atomic E-state index is 11.9. The Labute approximate surface area is 85.5 Å². The van der Waals surface area contributed by atoms with E-state index >= 15 is 0 Å². The van der Waals surface area contributed by atoms with Crippen LogP contribution in [0.15, 0.2) is 0 Å². The van der Waals surface area contributed by atoms with Crippen molar-refractivity contribution in [2.45, 2.75) is 45.6 Å². The Balaban J connectivity index is 2.49. The van der Waals surface area contributed by atoms with Gasteiger partial charge in [-0.3, -0.25) is 13.6 Å². The highest BCUT2D eigenvalue weighted by molar-refractivity contribution is 7.48. The first-order chi connectivity index (χ1) is 6.62. The lowest BCUT2D eigenvalue weighted by molar-refractivity contribution is 0.0931. The molecular weight excluding hydrogens is 203 g/mol. The van der Waals surface area contributed by atoms with Gasteiger partial charge in [0.2, 0.25) is 0 Å². The third-order valence-corrected chi connectivity index (χ3v) is 3.55. The highest BCUT2D eigenvalue weighted by Gasteiger charge is 2.28. The van der Waals surface area contributed by atoms with Gasteiger partial charge in [0.05, 0.1) is 19.3 Å². The van der Waals surface area contributed by atoms with Gasteiger partial charge in [-0.15, -0.1) is 0 Å². The van der Waals surface area contributed by atoms with Gasteiger partial charge in [0, 0.05) is 0 Å². The number of hydrogen-bond acceptors (Lipinski definition) is 4. The molecule has 1 aliphatic heterocycles. The standard InChI is InChI=1S/C9H19O4P/c1-9(2)13-14(10)11-7-5-3-4-6-8-12-14/h9H,3-8H2,1-2H3. The van der Waals surface area contributed by atoms with E-state index in [0.717, 1.165) is 25.7 Å². The second kappa shape index (κ2) is 5.86. The van der Waals surface area contributed by atoms with E-state index in [9.17, 15) is 4.57 Å². The van der Waals surface area contributed by atoms with Crippen molar-refractivity contribution < 1.29 is 18.1 Å². The summed E-state index contributed by atoms with van der Waals surface area (Å²) in [6.07, 6.45) is 3.92. The first kappa shape index (κ1) is 12.2. The fraction of sp³-hybridized carbons (Fsp3) is 1.00. The molecule has 0 atom stereocenters. The Hall–Kier alpha value is 0.110. The molecule has 1 saturated heterocycles. The maximum absolute atomic E-state index is 11.9. The Bertz CT molecular complexity index is 191. The minimum atomic E-state index is -3.27. The van der Waals surface area contributed by atoms with Crippen LogP contribution in [-0.4, -0.2) is 19.3 Å². The van der Waals surface area contributed by atoms with E-state index in [1.54, 1.807) is 0 Å². The molecule has 0 aromatic heterocycles. The van der Waals surface area contributed by atoms with Crippen LogP contribution in [0.4, 0.5) is 0 Å². The van der Waals surface area contributed by atoms with E-state index < -0.39 is 7.82 Å². The monoisotopic (exact) mass is 222 g/mol. The van der Waals surface area contributed by atoms with Crippen LogP contribution in [0, 0.1) is 0 Å². The van der Waals surface area contributed by atoms with Crippen LogP contribution in [-0.2, 0) is 18.1 Å². The molecule has 14 heavy (non-hydrogen) atoms. The van der Waals surface area contributed by atoms with Crippen molar-refractivity contribution >= 4 is 7.82 Å². The van der Waals surface area contributed by atoms with Gasteiger partial charge in [0.15, 0.2) is 0 Å². The Morgan fingerprint density at radius 3 is 2.00 bits per heavy atom. The van der Waals surface area contributed by atoms with E-state index in [2.05, 4.69) is 0 Å². The molecule has 0 aromatic rings. The van der Waals surface area contributed by atoms with E-state index in [1.165, 1.54) is 0 Å². The third kappa shape index (κ3) is 4.56. The van der Waals surface area contributed by atoms with Gasteiger partial charge in [-0.2, -0.15) is 0 Å². The summed E-state index contributed by atoms with van der Waals surface area (Å²) >= 11 is 0. The molecule has 0 N–H and O–H groups in total. The van der Waals surface area contributed by atoms with Gasteiger partial charge in [0.1, 0.15) is 0 Å². The number of phosphoric acid groups is 1. The summed E-state index contributed by atoms with van der Waals surface area (Å²) in [5, 5.41) is 0. The summed E-state index contributed by atoms with van der Waals surface area (Å²) in [6, 6.07) is 0. The molecule has 0 amide bonds. The van der Waals surface area contributed by atoms with Crippen molar-refractivity contribution in [3.8, 4) is 0 Å². The van der Waals surface area contributed by atoms with E-state index in [4.69, 9.17) is 13.6 Å². The predicted molar refractivity (Wildman–Crippen MR) is 54.2 cm³/mol. The van der Waals surface area contributed by atoms with Crippen LogP contribution in [0.5, 0.6) is 0 Å². The zero-order chi connectivity index (χ0) is 10.4. The second-order valence-corrected chi connectivity index (χ2v) is 5.30. The zero-order valence-electron chi connectivity index (χ0n) is 8.90. The number of phosphoric ester groups is 1. The van der Waals surface area contributed by atoms with E-state index in [0.29, 0.717) is 13.2 Å². The van der Waals surface area contributed by atoms with Gasteiger partial charge >= 0.3 is 7.82 Å². The molecule has 0 aromatic carbocycles. The second-order valence-electron chi connectivity index (χ2n) is 3.68. The van der Waals surface area contributed by atoms with E-state index in [-0.39, 0.29) is 6.10 Å². The molecule has 4 nitrogen and oxygen atoms in total. The summed E-state index contributed by atoms with van der Waals surface area (Å²) in [5.41, 5.74) is 0. The van der Waals surface area contributed by atoms with Gasteiger partial charge in [-0.1, -0.05) is 12.8 Å². The fourth-order valence-electron chi connectivity index (χ4n) is 1.27. The van der Waals surface area contributed by atoms with Crippen LogP contribution in [0.3, 0.4) is 0 Å². The van der Waals surface area contributed by atoms with Crippen molar-refractivity contribution in [1.29, 1.82) is 0 Å². The molecule has 84 valence electrons. The zero-order valence-corrected chi connectivity index (χ0v) is 9.79. The third-order valence-electron chi connectivity index (χ3n) is 1.88. The topological polar surface area (TPSA) is 44.8 Å². The number of hydrogen-bond donors (Lipinski definition) is 0. The molecule has 0 unspecified atom stereocenters. The van der Waals surface area contributed by atoms with Gasteiger partial charge in [-0.25, -0.2) is 4.57 Å². The largest absolute Gasteiger partial charge is 0.475 e. The first-order valence-corrected chi connectivity index (χ1v) is 6.66. The van der Waals surface area contributed by atoms with Gasteiger partial charge < -0.3 is 0 Å². The first-order valence-electron chi connectivity index (χ1n) is 5.20. The van der Waals surface area contributed by atoms with Crippen LogP contribution in [0.2, 0.25) is 0 Å². The van der Waals surface area contributed by atoms with Crippen molar-refractivity contribution in [3.63, 3.8) is 0 Å². The lowest BCUT2D eigenvalue weighted by Gasteiger charge is -2.18. The molecule has 0 spiro atoms. The van der Waals surface area contributed by atoms with Crippen LogP contribution in [0.1, 0.15) is 39.5 Å². The molecule has 0 aliphatic carbocycles. The molecule has 1 heterocycles. The summed E-state index contributed by atoms with van der Waals surface area (Å²) in [5.74, 6) is 0. The molecule has 0 radical (unpaired) electrons. The van der Waals surface area contributed by atoms with Gasteiger partial charge in [0.25, 0.3) is 0 Å². The van der Waals surface area contributed by atoms with E-state index in [1.807, 2.05) is 13.8 Å². The predicted octanol–water partition coefficient (Wildman–Crippen LogP) is 3.13. The minimum absolute atomic E-state index is 0.137. The van der Waals surface area contributed by atoms with Crippen molar-refractivity contribution in [2.75, 3.05) is 13.2 Å². The minimum Gasteiger partial charge on any atom is -0.287 e. The van der Waals surface area contributed by atoms with Crippen LogP contribution < -0.4 is 0 Å². The molecule has 0 saturated carbocycles. The highest BCUT2D eigenvalue weighted by atomic mass is 31.2. The molecule has 1 fully saturated rings. The summed E-state index contributed by atoms with van der Waals surface area (Å²) in [7, 11) is -3.27. The summed E-state index contributed by atoms with van der Waals surface area (Å²) in [4.78, 5) is 0. The summed E-state index contributed by atoms with van der Waals surface area (Å²) < 4.78 is 27.4. The van der Waals surface area contributed by atoms with Crippen LogP contribution in [0.25, 0.3) is 0 Å². The van der Waals surface area contributed by atoms with Gasteiger partial charge in [-0.05, 0) is 26.7 Å². The Morgan fingerprint density at radius 2 is 1.57 bits per heavy atom. The lowest BCUT2D eigenvalue weighted by atomic mass is 10.2. The molecular formula is C9H19O4P. The van der Waals surface area contributed by atoms with Crippen LogP contribution >= 0.6 is 7.82 Å². The highest BCUT2D eigenvalue weighted by Crippen LogP contribution is 2.51. The van der Waals surface area contributed by atoms with Crippen molar-refractivity contribution in [3.05, 3.63) is 0 Å². The Kier molecular flexibility index (Phi) is 5.10. The number of rotatable bonds is 2. The normalized spacial score (nSPS) is 23.9.